The smallest absolute Gasteiger partial charge is 0.329 e. The van der Waals surface area contributed by atoms with Crippen molar-refractivity contribution in [1.29, 1.82) is 0 Å². The summed E-state index contributed by atoms with van der Waals surface area (Å²) in [5, 5.41) is 2.84. The molecule has 2 bridgehead atoms. The predicted molar refractivity (Wildman–Crippen MR) is 114 cm³/mol. The molecule has 1 heterocycles. The maximum Gasteiger partial charge on any atom is 0.329 e. The Bertz CT molecular complexity index is 916. The van der Waals surface area contributed by atoms with Gasteiger partial charge in [-0.25, -0.2) is 4.79 Å². The summed E-state index contributed by atoms with van der Waals surface area (Å²) in [6.45, 7) is 5.02. The summed E-state index contributed by atoms with van der Waals surface area (Å²) in [4.78, 5) is 51.7. The van der Waals surface area contributed by atoms with Crippen molar-refractivity contribution < 1.29 is 23.9 Å². The average Bonchev–Trinajstić information content (AvgIpc) is 3.45. The Morgan fingerprint density at radius 1 is 1.06 bits per heavy atom. The number of likely N-dealkylation sites (tertiary alicyclic amines) is 1. The molecule has 5 atom stereocenters. The van der Waals surface area contributed by atoms with Crippen molar-refractivity contribution in [1.82, 2.24) is 4.90 Å². The number of hydrogen-bond acceptors (Lipinski definition) is 5. The lowest BCUT2D eigenvalue weighted by Gasteiger charge is -2.23. The van der Waals surface area contributed by atoms with Gasteiger partial charge in [-0.15, -0.1) is 0 Å². The second kappa shape index (κ2) is 8.29. The van der Waals surface area contributed by atoms with E-state index in [0.717, 1.165) is 41.0 Å². The minimum absolute atomic E-state index is 0.0804. The summed E-state index contributed by atoms with van der Waals surface area (Å²) >= 11 is 0. The monoisotopic (exact) mass is 424 g/mol. The highest BCUT2D eigenvalue weighted by molar-refractivity contribution is 6.09. The molecule has 0 radical (unpaired) electrons. The lowest BCUT2D eigenvalue weighted by atomic mass is 9.85. The molecule has 1 saturated carbocycles. The molecule has 1 saturated heterocycles. The number of fused-ring (bicyclic) bond motifs is 5. The summed E-state index contributed by atoms with van der Waals surface area (Å²) in [6.07, 6.45) is 6.37. The fraction of sp³-hybridized carbons (Fsp3) is 0.500. The summed E-state index contributed by atoms with van der Waals surface area (Å²) in [5.74, 6) is -2.37. The first kappa shape index (κ1) is 21.3. The van der Waals surface area contributed by atoms with Crippen LogP contribution in [-0.4, -0.2) is 41.2 Å². The number of hydrogen-bond donors (Lipinski definition) is 1. The van der Waals surface area contributed by atoms with Gasteiger partial charge in [0, 0.05) is 5.69 Å². The molecule has 2 fully saturated rings. The van der Waals surface area contributed by atoms with Crippen molar-refractivity contribution in [2.45, 2.75) is 46.1 Å². The number of esters is 1. The molecule has 1 aliphatic heterocycles. The molecular weight excluding hydrogens is 396 g/mol. The van der Waals surface area contributed by atoms with Crippen molar-refractivity contribution in [2.24, 2.45) is 23.7 Å². The van der Waals surface area contributed by atoms with Gasteiger partial charge in [-0.1, -0.05) is 44.2 Å². The second-order valence-corrected chi connectivity index (χ2v) is 8.54. The second-order valence-electron chi connectivity index (χ2n) is 8.54. The van der Waals surface area contributed by atoms with Crippen LogP contribution in [0.15, 0.2) is 30.4 Å². The maximum absolute atomic E-state index is 12.8. The van der Waals surface area contributed by atoms with Crippen LogP contribution in [-0.2, 0) is 36.8 Å². The zero-order valence-corrected chi connectivity index (χ0v) is 18.1. The highest BCUT2D eigenvalue weighted by Crippen LogP contribution is 2.52. The number of para-hydroxylation sites is 1. The molecule has 3 aliphatic rings. The molecule has 7 heteroatoms. The Balaban J connectivity index is 1.37. The largest absolute Gasteiger partial charge is 0.454 e. The molecule has 2 aliphatic carbocycles. The first-order chi connectivity index (χ1) is 14.9. The molecule has 0 spiro atoms. The van der Waals surface area contributed by atoms with Gasteiger partial charge in [-0.05, 0) is 49.1 Å². The number of ether oxygens (including phenoxy) is 1. The number of anilines is 1. The van der Waals surface area contributed by atoms with E-state index in [4.69, 9.17) is 4.74 Å². The summed E-state index contributed by atoms with van der Waals surface area (Å²) in [6, 6.07) is 4.81. The van der Waals surface area contributed by atoms with Crippen molar-refractivity contribution in [3.63, 3.8) is 0 Å². The van der Waals surface area contributed by atoms with E-state index >= 15 is 0 Å². The minimum Gasteiger partial charge on any atom is -0.454 e. The van der Waals surface area contributed by atoms with Crippen LogP contribution in [0.5, 0.6) is 0 Å². The van der Waals surface area contributed by atoms with Crippen LogP contribution in [0.3, 0.4) is 0 Å². The maximum atomic E-state index is 12.8. The number of nitrogens with zero attached hydrogens (tertiary/aromatic N) is 1. The molecule has 164 valence electrons. The van der Waals surface area contributed by atoms with Gasteiger partial charge in [0.15, 0.2) is 6.61 Å². The van der Waals surface area contributed by atoms with Gasteiger partial charge < -0.3 is 10.1 Å². The van der Waals surface area contributed by atoms with Crippen molar-refractivity contribution in [3.05, 3.63) is 41.5 Å². The van der Waals surface area contributed by atoms with Gasteiger partial charge in [0.2, 0.25) is 11.8 Å². The van der Waals surface area contributed by atoms with Crippen molar-refractivity contribution in [2.75, 3.05) is 11.9 Å². The van der Waals surface area contributed by atoms with Gasteiger partial charge in [-0.3, -0.25) is 19.3 Å². The SMILES string of the molecule is CCc1cccc(CC)c1NC(=O)COC(=O)[C@H](C)N1C(=O)[C@@H]2[C@H](C1=O)[C@H]1C=C[C@H]2C1. The zero-order valence-electron chi connectivity index (χ0n) is 18.1. The van der Waals surface area contributed by atoms with Crippen LogP contribution in [0, 0.1) is 23.7 Å². The van der Waals surface area contributed by atoms with Gasteiger partial charge in [0.25, 0.3) is 5.91 Å². The summed E-state index contributed by atoms with van der Waals surface area (Å²) < 4.78 is 5.17. The van der Waals surface area contributed by atoms with Crippen LogP contribution in [0.2, 0.25) is 0 Å². The number of aryl methyl sites for hydroxylation is 2. The van der Waals surface area contributed by atoms with E-state index in [0.29, 0.717) is 0 Å². The number of carbonyl (C=O) groups is 4. The lowest BCUT2D eigenvalue weighted by molar-refractivity contribution is -0.159. The Morgan fingerprint density at radius 3 is 2.13 bits per heavy atom. The first-order valence-corrected chi connectivity index (χ1v) is 11.0. The molecule has 3 amide bonds. The molecule has 1 aromatic rings. The number of nitrogens with one attached hydrogen (secondary N) is 1. The molecule has 0 aromatic heterocycles. The van der Waals surface area contributed by atoms with E-state index in [-0.39, 0.29) is 35.5 Å². The third kappa shape index (κ3) is 3.56. The standard InChI is InChI=1S/C24H28N2O5/c1-4-14-7-6-8-15(5-2)21(14)25-18(27)12-31-24(30)13(3)26-22(28)19-16-9-10-17(11-16)20(19)23(26)29/h6-10,13,16-17,19-20H,4-5,11-12H2,1-3H3,(H,25,27)/t13-,16-,17-,19-,20+/m0/s1. The van der Waals surface area contributed by atoms with Crippen LogP contribution in [0.25, 0.3) is 0 Å². The Kier molecular flexibility index (Phi) is 5.69. The van der Waals surface area contributed by atoms with Crippen LogP contribution < -0.4 is 5.32 Å². The van der Waals surface area contributed by atoms with Crippen LogP contribution in [0.1, 0.15) is 38.3 Å². The van der Waals surface area contributed by atoms with E-state index in [2.05, 4.69) is 5.32 Å². The van der Waals surface area contributed by atoms with Gasteiger partial charge in [-0.2, -0.15) is 0 Å². The molecule has 0 unspecified atom stereocenters. The van der Waals surface area contributed by atoms with Crippen molar-refractivity contribution >= 4 is 29.4 Å². The fourth-order valence-corrected chi connectivity index (χ4v) is 5.25. The lowest BCUT2D eigenvalue weighted by Crippen LogP contribution is -2.45. The Morgan fingerprint density at radius 2 is 1.61 bits per heavy atom. The Hall–Kier alpha value is -2.96. The minimum atomic E-state index is -1.05. The van der Waals surface area contributed by atoms with Gasteiger partial charge in [0.1, 0.15) is 6.04 Å². The van der Waals surface area contributed by atoms with Crippen molar-refractivity contribution in [3.8, 4) is 0 Å². The van der Waals surface area contributed by atoms with E-state index in [9.17, 15) is 19.2 Å². The molecule has 1 aromatic carbocycles. The van der Waals surface area contributed by atoms with Crippen LogP contribution in [0.4, 0.5) is 5.69 Å². The molecule has 31 heavy (non-hydrogen) atoms. The quantitative estimate of drug-likeness (QED) is 0.412. The number of carbonyl (C=O) groups excluding carboxylic acids is 4. The third-order valence-corrected chi connectivity index (χ3v) is 6.84. The van der Waals surface area contributed by atoms with E-state index in [1.807, 2.05) is 44.2 Å². The summed E-state index contributed by atoms with van der Waals surface area (Å²) in [7, 11) is 0. The average molecular weight is 424 g/mol. The first-order valence-electron chi connectivity index (χ1n) is 11.0. The number of benzene rings is 1. The number of imide groups is 1. The van der Waals surface area contributed by atoms with E-state index in [1.54, 1.807) is 0 Å². The highest BCUT2D eigenvalue weighted by Gasteiger charge is 2.60. The number of allylic oxidation sites excluding steroid dienone is 2. The third-order valence-electron chi connectivity index (χ3n) is 6.84. The molecule has 1 N–H and O–H groups in total. The molecular formula is C24H28N2O5. The Labute approximate surface area is 181 Å². The number of rotatable bonds is 7. The topological polar surface area (TPSA) is 92.8 Å². The fourth-order valence-electron chi connectivity index (χ4n) is 5.25. The summed E-state index contributed by atoms with van der Waals surface area (Å²) in [5.41, 5.74) is 2.77. The normalized spacial score (nSPS) is 26.9. The van der Waals surface area contributed by atoms with Crippen LogP contribution >= 0.6 is 0 Å². The van der Waals surface area contributed by atoms with Gasteiger partial charge in [0.05, 0.1) is 11.8 Å². The highest BCUT2D eigenvalue weighted by atomic mass is 16.5. The number of amides is 3. The van der Waals surface area contributed by atoms with Gasteiger partial charge >= 0.3 is 5.97 Å². The molecule has 4 rings (SSSR count). The molecule has 7 nitrogen and oxygen atoms in total. The predicted octanol–water partition coefficient (Wildman–Crippen LogP) is 2.49. The van der Waals surface area contributed by atoms with E-state index in [1.165, 1.54) is 6.92 Å². The van der Waals surface area contributed by atoms with E-state index < -0.39 is 24.5 Å². The zero-order chi connectivity index (χ0) is 22.3.